The number of fused-ring (bicyclic) bond motifs is 5. The molecular weight excluding hydrogens is 449 g/mol. The molecule has 0 aliphatic carbocycles. The lowest BCUT2D eigenvalue weighted by molar-refractivity contribution is 0.0447. The molecule has 0 fully saturated rings. The first kappa shape index (κ1) is 22.7. The number of nitrogens with zero attached hydrogens (tertiary/aromatic N) is 3. The number of aromatic hydroxyl groups is 1. The highest BCUT2D eigenvalue weighted by Crippen LogP contribution is 2.39. The molecule has 0 saturated carbocycles. The molecule has 0 spiro atoms. The Kier molecular flexibility index (Phi) is 5.59. The van der Waals surface area contributed by atoms with Gasteiger partial charge in [0, 0.05) is 23.4 Å². The Balaban J connectivity index is 1.84. The minimum atomic E-state index is -0.652. The van der Waals surface area contributed by atoms with Crippen molar-refractivity contribution in [1.29, 1.82) is 0 Å². The van der Waals surface area contributed by atoms with Gasteiger partial charge in [-0.15, -0.1) is 0 Å². The van der Waals surface area contributed by atoms with Gasteiger partial charge in [0.25, 0.3) is 5.91 Å². The number of hydrogen-bond donors (Lipinski definition) is 1. The zero-order valence-electron chi connectivity index (χ0n) is 19.5. The quantitative estimate of drug-likeness (QED) is 0.540. The maximum atomic E-state index is 15.1. The first-order chi connectivity index (χ1) is 16.8. The van der Waals surface area contributed by atoms with E-state index < -0.39 is 34.5 Å². The molecule has 7 nitrogen and oxygen atoms in total. The lowest BCUT2D eigenvalue weighted by Gasteiger charge is -2.49. The van der Waals surface area contributed by atoms with Gasteiger partial charge in [-0.05, 0) is 31.9 Å². The zero-order valence-corrected chi connectivity index (χ0v) is 19.5. The van der Waals surface area contributed by atoms with Crippen LogP contribution in [0.2, 0.25) is 0 Å². The average Bonchev–Trinajstić information content (AvgIpc) is 2.83. The molecule has 8 heteroatoms. The average molecular weight is 476 g/mol. The zero-order chi connectivity index (χ0) is 24.7. The molecule has 180 valence electrons. The van der Waals surface area contributed by atoms with E-state index in [1.807, 2.05) is 55.3 Å². The molecule has 1 amide bonds. The Hall–Kier alpha value is -4.07. The first-order valence-corrected chi connectivity index (χ1v) is 11.4. The van der Waals surface area contributed by atoms with Crippen molar-refractivity contribution >= 4 is 5.91 Å². The molecule has 2 aliphatic rings. The third-order valence-electron chi connectivity index (χ3n) is 6.61. The van der Waals surface area contributed by atoms with E-state index in [0.29, 0.717) is 12.0 Å². The summed E-state index contributed by atoms with van der Waals surface area (Å²) in [7, 11) is 0. The molecule has 35 heavy (non-hydrogen) atoms. The second-order valence-corrected chi connectivity index (χ2v) is 9.31. The van der Waals surface area contributed by atoms with Gasteiger partial charge >= 0.3 is 0 Å². The van der Waals surface area contributed by atoms with Gasteiger partial charge in [-0.25, -0.2) is 4.39 Å². The second-order valence-electron chi connectivity index (χ2n) is 9.31. The van der Waals surface area contributed by atoms with Crippen molar-refractivity contribution < 1.29 is 19.0 Å². The van der Waals surface area contributed by atoms with E-state index in [1.165, 1.54) is 23.0 Å². The van der Waals surface area contributed by atoms with E-state index in [9.17, 15) is 14.7 Å². The molecule has 2 aromatic carbocycles. The number of ether oxygens (including phenoxy) is 1. The molecule has 5 rings (SSSR count). The second kappa shape index (κ2) is 8.61. The van der Waals surface area contributed by atoms with E-state index in [4.69, 9.17) is 4.74 Å². The SMILES string of the molecule is CC1(C)C/C=C/COc2c(F)cccc2[C@@H](c2ccccc2)N2CN1C(=O)c1c(O)c(=O)ccn12. The number of rotatable bonds is 1. The van der Waals surface area contributed by atoms with Crippen LogP contribution in [0.5, 0.6) is 11.5 Å². The Bertz CT molecular complexity index is 1370. The highest BCUT2D eigenvalue weighted by Gasteiger charge is 2.42. The van der Waals surface area contributed by atoms with Gasteiger partial charge in [0.05, 0.1) is 0 Å². The molecular formula is C27H26FN3O4. The van der Waals surface area contributed by atoms with Crippen LogP contribution >= 0.6 is 0 Å². The fourth-order valence-electron chi connectivity index (χ4n) is 4.73. The predicted molar refractivity (Wildman–Crippen MR) is 130 cm³/mol. The van der Waals surface area contributed by atoms with Gasteiger partial charge in [0.2, 0.25) is 5.43 Å². The molecule has 3 aromatic rings. The summed E-state index contributed by atoms with van der Waals surface area (Å²) in [5.74, 6) is -1.45. The molecule has 1 aromatic heterocycles. The number of benzene rings is 2. The van der Waals surface area contributed by atoms with Gasteiger partial charge < -0.3 is 14.7 Å². The van der Waals surface area contributed by atoms with Gasteiger partial charge in [-0.1, -0.05) is 54.6 Å². The van der Waals surface area contributed by atoms with Crippen molar-refractivity contribution in [2.45, 2.75) is 31.8 Å². The lowest BCUT2D eigenvalue weighted by Crippen LogP contribution is -2.61. The minimum Gasteiger partial charge on any atom is -0.502 e. The molecule has 0 unspecified atom stereocenters. The van der Waals surface area contributed by atoms with Crippen LogP contribution in [0.3, 0.4) is 0 Å². The Morgan fingerprint density at radius 1 is 1.03 bits per heavy atom. The minimum absolute atomic E-state index is 0.112. The van der Waals surface area contributed by atoms with Crippen molar-refractivity contribution in [3.05, 3.63) is 106 Å². The van der Waals surface area contributed by atoms with Crippen LogP contribution in [-0.2, 0) is 0 Å². The molecule has 1 N–H and O–H groups in total. The summed E-state index contributed by atoms with van der Waals surface area (Å²) in [6.45, 7) is 4.16. The molecule has 1 atom stereocenters. The van der Waals surface area contributed by atoms with E-state index in [-0.39, 0.29) is 24.7 Å². The monoisotopic (exact) mass is 475 g/mol. The number of aromatic nitrogens is 1. The summed E-state index contributed by atoms with van der Waals surface area (Å²) < 4.78 is 22.5. The fraction of sp³-hybridized carbons (Fsp3) is 0.259. The normalized spacial score (nSPS) is 20.1. The summed E-state index contributed by atoms with van der Waals surface area (Å²) >= 11 is 0. The molecule has 0 saturated heterocycles. The number of amides is 1. The number of carbonyl (C=O) groups excluding carboxylic acids is 1. The van der Waals surface area contributed by atoms with Crippen LogP contribution in [0.4, 0.5) is 4.39 Å². The lowest BCUT2D eigenvalue weighted by atomic mass is 9.94. The largest absolute Gasteiger partial charge is 0.502 e. The van der Waals surface area contributed by atoms with E-state index in [2.05, 4.69) is 0 Å². The van der Waals surface area contributed by atoms with Crippen LogP contribution in [0, 0.1) is 5.82 Å². The van der Waals surface area contributed by atoms with Crippen molar-refractivity contribution in [3.8, 4) is 11.5 Å². The van der Waals surface area contributed by atoms with Crippen molar-refractivity contribution in [2.75, 3.05) is 18.3 Å². The van der Waals surface area contributed by atoms with Crippen molar-refractivity contribution in [3.63, 3.8) is 0 Å². The van der Waals surface area contributed by atoms with Crippen LogP contribution < -0.4 is 15.2 Å². The summed E-state index contributed by atoms with van der Waals surface area (Å²) in [5, 5.41) is 12.6. The van der Waals surface area contributed by atoms with Crippen molar-refractivity contribution in [1.82, 2.24) is 9.58 Å². The summed E-state index contributed by atoms with van der Waals surface area (Å²) in [6, 6.07) is 14.9. The number of carbonyl (C=O) groups is 1. The molecule has 3 heterocycles. The van der Waals surface area contributed by atoms with Crippen LogP contribution in [-0.4, -0.2) is 39.4 Å². The third-order valence-corrected chi connectivity index (χ3v) is 6.61. The molecule has 0 radical (unpaired) electrons. The van der Waals surface area contributed by atoms with Crippen LogP contribution in [0.1, 0.15) is 47.9 Å². The summed E-state index contributed by atoms with van der Waals surface area (Å²) in [5.41, 5.74) is -0.0391. The summed E-state index contributed by atoms with van der Waals surface area (Å²) in [4.78, 5) is 27.6. The third kappa shape index (κ3) is 3.84. The fourth-order valence-corrected chi connectivity index (χ4v) is 4.73. The summed E-state index contributed by atoms with van der Waals surface area (Å²) in [6.07, 6.45) is 5.66. The number of hydrogen-bond acceptors (Lipinski definition) is 5. The number of para-hydroxylation sites is 1. The van der Waals surface area contributed by atoms with E-state index in [1.54, 1.807) is 23.1 Å². The van der Waals surface area contributed by atoms with Crippen molar-refractivity contribution in [2.24, 2.45) is 0 Å². The van der Waals surface area contributed by atoms with E-state index in [0.717, 1.165) is 5.56 Å². The Morgan fingerprint density at radius 2 is 1.80 bits per heavy atom. The first-order valence-electron chi connectivity index (χ1n) is 11.4. The topological polar surface area (TPSA) is 75.0 Å². The predicted octanol–water partition coefficient (Wildman–Crippen LogP) is 3.95. The standard InChI is InChI=1S/C27H26FN3O4/c1-27(2)14-6-7-16-35-25-19(11-8-12-20(25)28)22(18-9-4-3-5-10-18)31-17-29(27)26(34)23-24(33)21(32)13-15-30(23)31/h3-13,15,22,33H,14,16-17H2,1-2H3/b7-6+/t22-/m1/s1. The molecule has 2 bridgehead atoms. The van der Waals surface area contributed by atoms with E-state index >= 15 is 4.39 Å². The number of halogens is 1. The Labute approximate surface area is 202 Å². The van der Waals surface area contributed by atoms with Crippen LogP contribution in [0.15, 0.2) is 77.7 Å². The van der Waals surface area contributed by atoms with Gasteiger partial charge in [0.1, 0.15) is 19.3 Å². The van der Waals surface area contributed by atoms with Gasteiger partial charge in [-0.2, -0.15) is 0 Å². The van der Waals surface area contributed by atoms with Gasteiger partial charge in [-0.3, -0.25) is 19.3 Å². The Morgan fingerprint density at radius 3 is 2.57 bits per heavy atom. The maximum Gasteiger partial charge on any atom is 0.278 e. The van der Waals surface area contributed by atoms with Crippen LogP contribution in [0.25, 0.3) is 0 Å². The molecule has 2 aliphatic heterocycles. The highest BCUT2D eigenvalue weighted by molar-refractivity contribution is 5.96. The highest BCUT2D eigenvalue weighted by atomic mass is 19.1. The number of pyridine rings is 1. The smallest absolute Gasteiger partial charge is 0.278 e. The maximum absolute atomic E-state index is 15.1. The van der Waals surface area contributed by atoms with Gasteiger partial charge in [0.15, 0.2) is 23.0 Å².